The first-order chi connectivity index (χ1) is 7.74. The van der Waals surface area contributed by atoms with E-state index in [0.29, 0.717) is 12.2 Å². The normalized spacial score (nSPS) is 9.50. The van der Waals surface area contributed by atoms with Crippen LogP contribution in [0.15, 0.2) is 22.8 Å². The van der Waals surface area contributed by atoms with Crippen molar-refractivity contribution >= 4 is 27.7 Å². The highest BCUT2D eigenvalue weighted by molar-refractivity contribution is 9.10. The van der Waals surface area contributed by atoms with Gasteiger partial charge in [0, 0.05) is 19.0 Å². The second kappa shape index (κ2) is 7.02. The lowest BCUT2D eigenvalue weighted by molar-refractivity contribution is -0.116. The van der Waals surface area contributed by atoms with Crippen LogP contribution in [0.3, 0.4) is 0 Å². The van der Waals surface area contributed by atoms with Crippen molar-refractivity contribution in [3.05, 3.63) is 22.8 Å². The Balaban J connectivity index is 2.35. The highest BCUT2D eigenvalue weighted by Crippen LogP contribution is 2.18. The fraction of sp³-hybridized carbons (Fsp3) is 0.333. The predicted molar refractivity (Wildman–Crippen MR) is 67.9 cm³/mol. The number of halogens is 1. The van der Waals surface area contributed by atoms with Gasteiger partial charge in [0.15, 0.2) is 0 Å². The molecule has 0 aliphatic rings. The molecule has 3 nitrogen and oxygen atoms in total. The fourth-order valence-corrected chi connectivity index (χ4v) is 1.54. The molecule has 0 aliphatic carbocycles. The summed E-state index contributed by atoms with van der Waals surface area (Å²) in [5.74, 6) is 3.08. The van der Waals surface area contributed by atoms with E-state index in [2.05, 4.69) is 32.2 Å². The van der Waals surface area contributed by atoms with E-state index < -0.39 is 0 Å². The molecule has 0 spiro atoms. The summed E-state index contributed by atoms with van der Waals surface area (Å²) in [6, 6.07) is 3.63. The average molecular weight is 281 g/mol. The monoisotopic (exact) mass is 280 g/mol. The molecule has 0 atom stereocenters. The lowest BCUT2D eigenvalue weighted by Gasteiger charge is -2.05. The lowest BCUT2D eigenvalue weighted by atomic mass is 10.2. The van der Waals surface area contributed by atoms with Crippen molar-refractivity contribution in [3.8, 4) is 12.3 Å². The van der Waals surface area contributed by atoms with Crippen molar-refractivity contribution < 1.29 is 4.79 Å². The minimum absolute atomic E-state index is 0.0311. The van der Waals surface area contributed by atoms with Gasteiger partial charge in [-0.3, -0.25) is 4.79 Å². The van der Waals surface area contributed by atoms with Crippen LogP contribution in [0, 0.1) is 12.3 Å². The van der Waals surface area contributed by atoms with Crippen LogP contribution in [0.2, 0.25) is 0 Å². The third-order valence-corrected chi connectivity index (χ3v) is 2.63. The summed E-state index contributed by atoms with van der Waals surface area (Å²) in [7, 11) is 0. The van der Waals surface area contributed by atoms with Crippen LogP contribution in [-0.4, -0.2) is 10.9 Å². The fourth-order valence-electron chi connectivity index (χ4n) is 1.18. The maximum atomic E-state index is 11.5. The van der Waals surface area contributed by atoms with Gasteiger partial charge >= 0.3 is 0 Å². The van der Waals surface area contributed by atoms with Crippen molar-refractivity contribution in [1.82, 2.24) is 4.98 Å². The van der Waals surface area contributed by atoms with Crippen molar-refractivity contribution in [2.45, 2.75) is 25.7 Å². The molecule has 1 rings (SSSR count). The number of carbonyl (C=O) groups is 1. The lowest BCUT2D eigenvalue weighted by Crippen LogP contribution is -2.12. The van der Waals surface area contributed by atoms with Crippen molar-refractivity contribution in [2.75, 3.05) is 5.32 Å². The van der Waals surface area contributed by atoms with Crippen LogP contribution in [-0.2, 0) is 4.79 Å². The first kappa shape index (κ1) is 12.7. The molecule has 1 amide bonds. The zero-order valence-corrected chi connectivity index (χ0v) is 10.5. The highest BCUT2D eigenvalue weighted by Gasteiger charge is 2.05. The zero-order valence-electron chi connectivity index (χ0n) is 8.87. The summed E-state index contributed by atoms with van der Waals surface area (Å²) in [5, 5.41) is 2.74. The smallest absolute Gasteiger partial charge is 0.225 e. The quantitative estimate of drug-likeness (QED) is 0.666. The summed E-state index contributed by atoms with van der Waals surface area (Å²) in [4.78, 5) is 15.6. The molecule has 1 aromatic rings. The van der Waals surface area contributed by atoms with Crippen molar-refractivity contribution in [2.24, 2.45) is 0 Å². The van der Waals surface area contributed by atoms with Crippen LogP contribution in [0.1, 0.15) is 25.7 Å². The number of amides is 1. The van der Waals surface area contributed by atoms with Gasteiger partial charge < -0.3 is 5.32 Å². The van der Waals surface area contributed by atoms with E-state index in [4.69, 9.17) is 6.42 Å². The Morgan fingerprint density at radius 2 is 2.38 bits per heavy atom. The average Bonchev–Trinajstić information content (AvgIpc) is 2.28. The minimum atomic E-state index is -0.0311. The summed E-state index contributed by atoms with van der Waals surface area (Å²) in [5.41, 5.74) is 0. The van der Waals surface area contributed by atoms with Gasteiger partial charge in [0.2, 0.25) is 5.91 Å². The summed E-state index contributed by atoms with van der Waals surface area (Å²) in [6.45, 7) is 0. The van der Waals surface area contributed by atoms with Gasteiger partial charge in [-0.15, -0.1) is 12.3 Å². The van der Waals surface area contributed by atoms with E-state index in [1.165, 1.54) is 0 Å². The third kappa shape index (κ3) is 4.45. The number of nitrogens with zero attached hydrogens (tertiary/aromatic N) is 1. The van der Waals surface area contributed by atoms with E-state index in [-0.39, 0.29) is 5.91 Å². The number of aromatic nitrogens is 1. The number of anilines is 1. The SMILES string of the molecule is C#CCCCCC(=O)Nc1ncccc1Br. The zero-order chi connectivity index (χ0) is 11.8. The van der Waals surface area contributed by atoms with Gasteiger partial charge in [0.1, 0.15) is 5.82 Å². The Morgan fingerprint density at radius 1 is 1.56 bits per heavy atom. The van der Waals surface area contributed by atoms with Crippen LogP contribution in [0.5, 0.6) is 0 Å². The molecule has 1 N–H and O–H groups in total. The van der Waals surface area contributed by atoms with Crippen LogP contribution in [0.4, 0.5) is 5.82 Å². The second-order valence-corrected chi connectivity index (χ2v) is 4.15. The topological polar surface area (TPSA) is 42.0 Å². The molecule has 0 saturated heterocycles. The third-order valence-electron chi connectivity index (χ3n) is 1.99. The van der Waals surface area contributed by atoms with E-state index in [1.807, 2.05) is 6.07 Å². The molecule has 84 valence electrons. The Morgan fingerprint density at radius 3 is 3.06 bits per heavy atom. The van der Waals surface area contributed by atoms with E-state index in [9.17, 15) is 4.79 Å². The van der Waals surface area contributed by atoms with Gasteiger partial charge in [0.05, 0.1) is 4.47 Å². The molecule has 0 radical (unpaired) electrons. The molecule has 4 heteroatoms. The summed E-state index contributed by atoms with van der Waals surface area (Å²) >= 11 is 3.31. The number of hydrogen-bond acceptors (Lipinski definition) is 2. The van der Waals surface area contributed by atoms with Crippen molar-refractivity contribution in [1.29, 1.82) is 0 Å². The Kier molecular flexibility index (Phi) is 5.58. The van der Waals surface area contributed by atoms with Gasteiger partial charge in [-0.1, -0.05) is 0 Å². The molecule has 0 unspecified atom stereocenters. The molecule has 0 saturated carbocycles. The van der Waals surface area contributed by atoms with Crippen molar-refractivity contribution in [3.63, 3.8) is 0 Å². The molecule has 0 aliphatic heterocycles. The van der Waals surface area contributed by atoms with Gasteiger partial charge in [-0.05, 0) is 40.9 Å². The number of carbonyl (C=O) groups excluding carboxylic acids is 1. The number of pyridine rings is 1. The van der Waals surface area contributed by atoms with Crippen LogP contribution in [0.25, 0.3) is 0 Å². The number of hydrogen-bond donors (Lipinski definition) is 1. The number of unbranched alkanes of at least 4 members (excludes halogenated alkanes) is 2. The molecule has 0 aromatic carbocycles. The largest absolute Gasteiger partial charge is 0.310 e. The number of nitrogens with one attached hydrogen (secondary N) is 1. The maximum absolute atomic E-state index is 11.5. The molecule has 16 heavy (non-hydrogen) atoms. The Hall–Kier alpha value is -1.34. The summed E-state index contributed by atoms with van der Waals surface area (Å²) < 4.78 is 0.784. The molecule has 1 aromatic heterocycles. The first-order valence-electron chi connectivity index (χ1n) is 5.08. The van der Waals surface area contributed by atoms with E-state index >= 15 is 0 Å². The molecule has 1 heterocycles. The molecule has 0 fully saturated rings. The Labute approximate surface area is 104 Å². The van der Waals surface area contributed by atoms with Gasteiger partial charge in [-0.25, -0.2) is 4.98 Å². The number of terminal acetylenes is 1. The highest BCUT2D eigenvalue weighted by atomic mass is 79.9. The minimum Gasteiger partial charge on any atom is -0.310 e. The summed E-state index contributed by atoms with van der Waals surface area (Å²) in [6.07, 6.45) is 9.65. The number of rotatable bonds is 5. The van der Waals surface area contributed by atoms with Gasteiger partial charge in [0.25, 0.3) is 0 Å². The van der Waals surface area contributed by atoms with Gasteiger partial charge in [-0.2, -0.15) is 0 Å². The van der Waals surface area contributed by atoms with E-state index in [1.54, 1.807) is 12.3 Å². The second-order valence-electron chi connectivity index (χ2n) is 3.29. The molecular formula is C12H13BrN2O. The first-order valence-corrected chi connectivity index (χ1v) is 5.87. The Bertz CT molecular complexity index is 398. The standard InChI is InChI=1S/C12H13BrN2O/c1-2-3-4-5-8-11(16)15-12-10(13)7-6-9-14-12/h1,6-7,9H,3-5,8H2,(H,14,15,16). The molecule has 0 bridgehead atoms. The maximum Gasteiger partial charge on any atom is 0.225 e. The van der Waals surface area contributed by atoms with Crippen LogP contribution >= 0.6 is 15.9 Å². The molecular weight excluding hydrogens is 268 g/mol. The van der Waals surface area contributed by atoms with E-state index in [0.717, 1.165) is 23.7 Å². The predicted octanol–water partition coefficient (Wildman–Crippen LogP) is 2.98. The van der Waals surface area contributed by atoms with Crippen LogP contribution < -0.4 is 5.32 Å².